The molecule has 98 valence electrons. The summed E-state index contributed by atoms with van der Waals surface area (Å²) in [5.41, 5.74) is 7.37. The maximum atomic E-state index is 5.71. The van der Waals surface area contributed by atoms with Gasteiger partial charge in [0, 0.05) is 12.5 Å². The van der Waals surface area contributed by atoms with Crippen molar-refractivity contribution in [1.82, 2.24) is 15.0 Å². The van der Waals surface area contributed by atoms with Crippen molar-refractivity contribution < 1.29 is 4.74 Å². The molecule has 18 heavy (non-hydrogen) atoms. The minimum absolute atomic E-state index is 0.469. The first kappa shape index (κ1) is 12.8. The first-order chi connectivity index (χ1) is 8.76. The van der Waals surface area contributed by atoms with E-state index in [-0.39, 0.29) is 0 Å². The number of rotatable bonds is 6. The van der Waals surface area contributed by atoms with Crippen molar-refractivity contribution in [3.05, 3.63) is 18.0 Å². The second-order valence-electron chi connectivity index (χ2n) is 4.35. The lowest BCUT2D eigenvalue weighted by Crippen LogP contribution is -2.16. The molecule has 0 bridgehead atoms. The van der Waals surface area contributed by atoms with Gasteiger partial charge in [-0.25, -0.2) is 4.98 Å². The summed E-state index contributed by atoms with van der Waals surface area (Å²) in [4.78, 5) is 12.1. The summed E-state index contributed by atoms with van der Waals surface area (Å²) < 4.78 is 5.36. The van der Waals surface area contributed by atoms with Crippen molar-refractivity contribution in [3.8, 4) is 5.88 Å². The summed E-state index contributed by atoms with van der Waals surface area (Å²) in [7, 11) is 0. The Balaban J connectivity index is 2.21. The Kier molecular flexibility index (Phi) is 4.15. The normalized spacial score (nSPS) is 12.8. The number of nitrogens with one attached hydrogen (secondary N) is 1. The van der Waals surface area contributed by atoms with Crippen molar-refractivity contribution in [3.63, 3.8) is 0 Å². The molecule has 5 nitrogen and oxygen atoms in total. The lowest BCUT2D eigenvalue weighted by atomic mass is 10.0. The highest BCUT2D eigenvalue weighted by molar-refractivity contribution is 5.71. The smallest absolute Gasteiger partial charge is 0.215 e. The van der Waals surface area contributed by atoms with E-state index in [4.69, 9.17) is 10.5 Å². The molecule has 1 unspecified atom stereocenters. The molecule has 0 spiro atoms. The maximum Gasteiger partial charge on any atom is 0.215 e. The highest BCUT2D eigenvalue weighted by Crippen LogP contribution is 2.16. The average molecular weight is 248 g/mol. The summed E-state index contributed by atoms with van der Waals surface area (Å²) >= 11 is 0. The van der Waals surface area contributed by atoms with Gasteiger partial charge in [0.15, 0.2) is 5.65 Å². The zero-order chi connectivity index (χ0) is 13.0. The van der Waals surface area contributed by atoms with E-state index in [0.717, 1.165) is 24.2 Å². The number of ether oxygens (including phenoxy) is 1. The molecule has 0 saturated carbocycles. The largest absolute Gasteiger partial charge is 0.478 e. The summed E-state index contributed by atoms with van der Waals surface area (Å²) in [5.74, 6) is 2.04. The number of H-pyrrole nitrogens is 1. The van der Waals surface area contributed by atoms with Gasteiger partial charge in [0.05, 0.1) is 12.1 Å². The van der Waals surface area contributed by atoms with E-state index >= 15 is 0 Å². The van der Waals surface area contributed by atoms with Gasteiger partial charge in [0.2, 0.25) is 5.88 Å². The molecule has 0 aliphatic carbocycles. The second-order valence-corrected chi connectivity index (χ2v) is 4.35. The fraction of sp³-hybridized carbons (Fsp3) is 0.538. The van der Waals surface area contributed by atoms with Gasteiger partial charge in [0.25, 0.3) is 0 Å². The van der Waals surface area contributed by atoms with Crippen LogP contribution in [0.5, 0.6) is 5.88 Å². The standard InChI is InChI=1S/C13H20N4O/c1-3-9(8-14)7-11-15-10-5-6-12(18-4-2)17-13(10)16-11/h5-6,9H,3-4,7-8,14H2,1-2H3,(H,15,16,17). The van der Waals surface area contributed by atoms with Gasteiger partial charge in [-0.3, -0.25) is 0 Å². The van der Waals surface area contributed by atoms with Gasteiger partial charge in [-0.15, -0.1) is 0 Å². The number of aromatic nitrogens is 3. The van der Waals surface area contributed by atoms with Crippen LogP contribution in [0.25, 0.3) is 11.2 Å². The van der Waals surface area contributed by atoms with Crippen LogP contribution in [0, 0.1) is 5.92 Å². The predicted octanol–water partition coefficient (Wildman–Crippen LogP) is 1.88. The van der Waals surface area contributed by atoms with E-state index in [0.29, 0.717) is 30.6 Å². The number of pyridine rings is 1. The molecule has 0 aliphatic rings. The van der Waals surface area contributed by atoms with Crippen LogP contribution in [0.4, 0.5) is 0 Å². The fourth-order valence-electron chi connectivity index (χ4n) is 1.92. The molecule has 0 amide bonds. The van der Waals surface area contributed by atoms with Gasteiger partial charge in [-0.1, -0.05) is 13.3 Å². The summed E-state index contributed by atoms with van der Waals surface area (Å²) in [6.45, 7) is 5.38. The Hall–Kier alpha value is -1.62. The number of imidazole rings is 1. The molecular formula is C13H20N4O. The molecular weight excluding hydrogens is 228 g/mol. The van der Waals surface area contributed by atoms with Crippen LogP contribution in [-0.4, -0.2) is 28.1 Å². The van der Waals surface area contributed by atoms with Crippen LogP contribution >= 0.6 is 0 Å². The molecule has 0 saturated heterocycles. The maximum absolute atomic E-state index is 5.71. The molecule has 0 radical (unpaired) electrons. The van der Waals surface area contributed by atoms with E-state index in [1.54, 1.807) is 0 Å². The first-order valence-electron chi connectivity index (χ1n) is 6.45. The third-order valence-electron chi connectivity index (χ3n) is 3.05. The third kappa shape index (κ3) is 2.79. The van der Waals surface area contributed by atoms with Crippen LogP contribution < -0.4 is 10.5 Å². The van der Waals surface area contributed by atoms with Crippen LogP contribution in [0.1, 0.15) is 26.1 Å². The molecule has 3 N–H and O–H groups in total. The van der Waals surface area contributed by atoms with Gasteiger partial charge >= 0.3 is 0 Å². The van der Waals surface area contributed by atoms with Crippen LogP contribution in [0.15, 0.2) is 12.1 Å². The molecule has 2 aromatic heterocycles. The third-order valence-corrected chi connectivity index (χ3v) is 3.05. The molecule has 2 rings (SSSR count). The number of aromatic amines is 1. The van der Waals surface area contributed by atoms with Gasteiger partial charge < -0.3 is 15.5 Å². The van der Waals surface area contributed by atoms with E-state index in [2.05, 4.69) is 21.9 Å². The van der Waals surface area contributed by atoms with E-state index in [1.807, 2.05) is 19.1 Å². The minimum Gasteiger partial charge on any atom is -0.478 e. The lowest BCUT2D eigenvalue weighted by Gasteiger charge is -2.08. The van der Waals surface area contributed by atoms with Crippen molar-refractivity contribution in [1.29, 1.82) is 0 Å². The Morgan fingerprint density at radius 2 is 2.17 bits per heavy atom. The van der Waals surface area contributed by atoms with Gasteiger partial charge in [-0.2, -0.15) is 4.98 Å². The Bertz CT molecular complexity index is 505. The summed E-state index contributed by atoms with van der Waals surface area (Å²) in [6, 6.07) is 3.81. The number of hydrogen-bond acceptors (Lipinski definition) is 4. The van der Waals surface area contributed by atoms with E-state index in [9.17, 15) is 0 Å². The van der Waals surface area contributed by atoms with E-state index in [1.165, 1.54) is 0 Å². The van der Waals surface area contributed by atoms with Crippen LogP contribution in [0.3, 0.4) is 0 Å². The second kappa shape index (κ2) is 5.82. The highest BCUT2D eigenvalue weighted by Gasteiger charge is 2.10. The monoisotopic (exact) mass is 248 g/mol. The Morgan fingerprint density at radius 1 is 1.33 bits per heavy atom. The minimum atomic E-state index is 0.469. The quantitative estimate of drug-likeness (QED) is 0.818. The summed E-state index contributed by atoms with van der Waals surface area (Å²) in [5, 5.41) is 0. The lowest BCUT2D eigenvalue weighted by molar-refractivity contribution is 0.328. The van der Waals surface area contributed by atoms with Crippen molar-refractivity contribution in [2.45, 2.75) is 26.7 Å². The molecule has 2 aromatic rings. The highest BCUT2D eigenvalue weighted by atomic mass is 16.5. The topological polar surface area (TPSA) is 76.8 Å². The molecule has 5 heteroatoms. The molecule has 2 heterocycles. The van der Waals surface area contributed by atoms with Crippen molar-refractivity contribution in [2.75, 3.05) is 13.2 Å². The van der Waals surface area contributed by atoms with Crippen LogP contribution in [-0.2, 0) is 6.42 Å². The number of nitrogens with zero attached hydrogens (tertiary/aromatic N) is 2. The fourth-order valence-corrected chi connectivity index (χ4v) is 1.92. The summed E-state index contributed by atoms with van der Waals surface area (Å²) in [6.07, 6.45) is 1.93. The van der Waals surface area contributed by atoms with Gasteiger partial charge in [-0.05, 0) is 25.5 Å². The number of fused-ring (bicyclic) bond motifs is 1. The van der Waals surface area contributed by atoms with Gasteiger partial charge in [0.1, 0.15) is 5.82 Å². The molecule has 0 fully saturated rings. The Morgan fingerprint density at radius 3 is 2.83 bits per heavy atom. The van der Waals surface area contributed by atoms with E-state index < -0.39 is 0 Å². The molecule has 1 atom stereocenters. The SMILES string of the molecule is CCOc1ccc2[nH]c(CC(CC)CN)nc2n1. The first-order valence-corrected chi connectivity index (χ1v) is 6.45. The zero-order valence-corrected chi connectivity index (χ0v) is 10.9. The zero-order valence-electron chi connectivity index (χ0n) is 10.9. The molecule has 0 aliphatic heterocycles. The van der Waals surface area contributed by atoms with Crippen molar-refractivity contribution in [2.24, 2.45) is 11.7 Å². The van der Waals surface area contributed by atoms with Crippen LogP contribution in [0.2, 0.25) is 0 Å². The Labute approximate surface area is 107 Å². The average Bonchev–Trinajstić information content (AvgIpc) is 2.78. The number of nitrogens with two attached hydrogens (primary N) is 1. The number of hydrogen-bond donors (Lipinski definition) is 2. The van der Waals surface area contributed by atoms with Crippen molar-refractivity contribution >= 4 is 11.2 Å². The molecule has 0 aromatic carbocycles. The predicted molar refractivity (Wildman–Crippen MR) is 71.6 cm³/mol.